The van der Waals surface area contributed by atoms with E-state index in [4.69, 9.17) is 9.47 Å². The number of benzene rings is 1. The van der Waals surface area contributed by atoms with Crippen LogP contribution in [0.4, 0.5) is 17.5 Å². The van der Waals surface area contributed by atoms with E-state index in [9.17, 15) is 8.42 Å². The quantitative estimate of drug-likeness (QED) is 0.168. The van der Waals surface area contributed by atoms with Crippen LogP contribution in [0.2, 0.25) is 0 Å². The van der Waals surface area contributed by atoms with Crippen LogP contribution in [0.3, 0.4) is 0 Å². The minimum absolute atomic E-state index is 0.251. The molecule has 1 aromatic carbocycles. The van der Waals surface area contributed by atoms with Crippen LogP contribution in [0.25, 0.3) is 0 Å². The predicted octanol–water partition coefficient (Wildman–Crippen LogP) is 2.32. The fourth-order valence-electron chi connectivity index (χ4n) is 3.35. The van der Waals surface area contributed by atoms with E-state index in [1.807, 2.05) is 31.2 Å². The minimum Gasteiger partial charge on any atom is -0.383 e. The molecular formula is C22H29N7O4S2. The number of thioether (sulfide) groups is 1. The van der Waals surface area contributed by atoms with Crippen LogP contribution in [0.1, 0.15) is 11.3 Å². The van der Waals surface area contributed by atoms with Gasteiger partial charge in [0.2, 0.25) is 9.84 Å². The van der Waals surface area contributed by atoms with Gasteiger partial charge in [-0.25, -0.2) is 18.4 Å². The number of morpholine rings is 1. The first-order valence-corrected chi connectivity index (χ1v) is 13.7. The zero-order chi connectivity index (χ0) is 24.7. The zero-order valence-electron chi connectivity index (χ0n) is 19.6. The summed E-state index contributed by atoms with van der Waals surface area (Å²) in [4.78, 5) is 9.43. The molecule has 0 aliphatic carbocycles. The van der Waals surface area contributed by atoms with E-state index in [2.05, 4.69) is 36.1 Å². The Morgan fingerprint density at radius 2 is 1.97 bits per heavy atom. The lowest BCUT2D eigenvalue weighted by Crippen LogP contribution is -2.42. The number of anilines is 3. The van der Waals surface area contributed by atoms with Crippen LogP contribution < -0.4 is 16.0 Å². The second-order valence-corrected chi connectivity index (χ2v) is 10.9. The molecule has 0 amide bonds. The maximum Gasteiger partial charge on any atom is 0.206 e. The van der Waals surface area contributed by atoms with Gasteiger partial charge in [-0.15, -0.1) is 0 Å². The van der Waals surface area contributed by atoms with Crippen molar-refractivity contribution in [1.82, 2.24) is 25.5 Å². The molecule has 1 fully saturated rings. The SMILES string of the molecule is COCCNc1cc(Nc2cc(C)[nH]n2)nc(SCc2ccc(S(=O)(=O)C3CNCCO3)cc2)n1. The highest BCUT2D eigenvalue weighted by Gasteiger charge is 2.29. The largest absolute Gasteiger partial charge is 0.383 e. The van der Waals surface area contributed by atoms with Gasteiger partial charge in [0.25, 0.3) is 0 Å². The molecule has 2 aromatic heterocycles. The van der Waals surface area contributed by atoms with Crippen LogP contribution in [0.15, 0.2) is 46.5 Å². The highest BCUT2D eigenvalue weighted by atomic mass is 32.2. The molecule has 1 atom stereocenters. The Balaban J connectivity index is 1.44. The molecular weight excluding hydrogens is 490 g/mol. The Kier molecular flexibility index (Phi) is 8.57. The van der Waals surface area contributed by atoms with E-state index in [1.165, 1.54) is 11.8 Å². The van der Waals surface area contributed by atoms with Crippen molar-refractivity contribution in [1.29, 1.82) is 0 Å². The number of H-pyrrole nitrogens is 1. The number of methoxy groups -OCH3 is 1. The van der Waals surface area contributed by atoms with Crippen LogP contribution in [0.5, 0.6) is 0 Å². The van der Waals surface area contributed by atoms with Crippen molar-refractivity contribution in [2.75, 3.05) is 50.6 Å². The fourth-order valence-corrected chi connectivity index (χ4v) is 5.60. The van der Waals surface area contributed by atoms with E-state index in [0.717, 1.165) is 11.3 Å². The summed E-state index contributed by atoms with van der Waals surface area (Å²) in [5.41, 5.74) is 1.03. The molecule has 3 heterocycles. The van der Waals surface area contributed by atoms with Gasteiger partial charge in [0.05, 0.1) is 18.1 Å². The summed E-state index contributed by atoms with van der Waals surface area (Å²) in [7, 11) is -1.90. The van der Waals surface area contributed by atoms with Crippen LogP contribution in [-0.2, 0) is 25.1 Å². The van der Waals surface area contributed by atoms with Gasteiger partial charge in [0.15, 0.2) is 16.4 Å². The van der Waals surface area contributed by atoms with E-state index in [-0.39, 0.29) is 4.90 Å². The van der Waals surface area contributed by atoms with Gasteiger partial charge in [0, 0.05) is 50.3 Å². The molecule has 1 aliphatic heterocycles. The molecule has 11 nitrogen and oxygen atoms in total. The average molecular weight is 520 g/mol. The highest BCUT2D eigenvalue weighted by molar-refractivity contribution is 7.98. The third-order valence-electron chi connectivity index (χ3n) is 5.14. The number of hydrogen-bond donors (Lipinski definition) is 4. The van der Waals surface area contributed by atoms with Crippen LogP contribution in [-0.4, -0.2) is 74.0 Å². The van der Waals surface area contributed by atoms with Gasteiger partial charge < -0.3 is 25.4 Å². The topological polar surface area (TPSA) is 143 Å². The number of aromatic nitrogens is 4. The number of rotatable bonds is 11. The molecule has 1 saturated heterocycles. The van der Waals surface area contributed by atoms with Gasteiger partial charge in [-0.05, 0) is 24.6 Å². The number of nitrogens with one attached hydrogen (secondary N) is 4. The Morgan fingerprint density at radius 1 is 1.17 bits per heavy atom. The maximum absolute atomic E-state index is 12.8. The number of aromatic amines is 1. The van der Waals surface area contributed by atoms with Crippen molar-refractivity contribution < 1.29 is 17.9 Å². The summed E-state index contributed by atoms with van der Waals surface area (Å²) in [6.45, 7) is 4.41. The lowest BCUT2D eigenvalue weighted by molar-refractivity contribution is 0.0785. The molecule has 0 spiro atoms. The average Bonchev–Trinajstić information content (AvgIpc) is 3.28. The highest BCUT2D eigenvalue weighted by Crippen LogP contribution is 2.26. The summed E-state index contributed by atoms with van der Waals surface area (Å²) in [5, 5.41) is 17.1. The normalized spacial score (nSPS) is 16.2. The van der Waals surface area contributed by atoms with Crippen LogP contribution >= 0.6 is 11.8 Å². The first kappa shape index (κ1) is 25.4. The molecule has 188 valence electrons. The second kappa shape index (κ2) is 11.8. The van der Waals surface area contributed by atoms with Gasteiger partial charge in [-0.3, -0.25) is 5.10 Å². The van der Waals surface area contributed by atoms with Crippen LogP contribution in [0, 0.1) is 6.92 Å². The number of nitrogens with zero attached hydrogens (tertiary/aromatic N) is 3. The molecule has 4 N–H and O–H groups in total. The smallest absolute Gasteiger partial charge is 0.206 e. The standard InChI is InChI=1S/C22H29N7O4S2/c1-15-11-20(29-28-15)25-19-12-18(24-8-9-32-2)26-22(27-19)34-14-16-3-5-17(6-4-16)35(30,31)21-13-23-7-10-33-21/h3-6,11-12,21,23H,7-10,13-14H2,1-2H3,(H3,24,25,26,27,28,29). The van der Waals surface area contributed by atoms with Crippen molar-refractivity contribution in [3.8, 4) is 0 Å². The molecule has 4 rings (SSSR count). The van der Waals surface area contributed by atoms with E-state index in [0.29, 0.717) is 61.2 Å². The number of sulfone groups is 1. The van der Waals surface area contributed by atoms with Crippen molar-refractivity contribution in [2.45, 2.75) is 28.2 Å². The molecule has 1 aliphatic rings. The van der Waals surface area contributed by atoms with Crippen molar-refractivity contribution in [2.24, 2.45) is 0 Å². The molecule has 13 heteroatoms. The van der Waals surface area contributed by atoms with E-state index in [1.54, 1.807) is 19.2 Å². The first-order valence-electron chi connectivity index (χ1n) is 11.1. The molecule has 0 radical (unpaired) electrons. The van der Waals surface area contributed by atoms with Crippen molar-refractivity contribution >= 4 is 39.1 Å². The van der Waals surface area contributed by atoms with Crippen molar-refractivity contribution in [3.63, 3.8) is 0 Å². The Hall–Kier alpha value is -2.71. The number of hydrogen-bond acceptors (Lipinski definition) is 11. The Morgan fingerprint density at radius 3 is 2.66 bits per heavy atom. The zero-order valence-corrected chi connectivity index (χ0v) is 21.2. The third kappa shape index (κ3) is 6.92. The Bertz CT molecular complexity index is 1210. The molecule has 3 aromatic rings. The monoisotopic (exact) mass is 519 g/mol. The molecule has 0 bridgehead atoms. The first-order chi connectivity index (χ1) is 16.9. The van der Waals surface area contributed by atoms with Gasteiger partial charge in [0.1, 0.15) is 11.6 Å². The molecule has 0 saturated carbocycles. The van der Waals surface area contributed by atoms with Gasteiger partial charge in [-0.1, -0.05) is 23.9 Å². The Labute approximate surface area is 208 Å². The minimum atomic E-state index is -3.55. The summed E-state index contributed by atoms with van der Waals surface area (Å²) in [6, 6.07) is 10.6. The maximum atomic E-state index is 12.8. The van der Waals surface area contributed by atoms with Gasteiger partial charge in [-0.2, -0.15) is 5.10 Å². The lowest BCUT2D eigenvalue weighted by Gasteiger charge is -2.23. The summed E-state index contributed by atoms with van der Waals surface area (Å²) in [5.74, 6) is 2.51. The number of ether oxygens (including phenoxy) is 2. The fraction of sp³-hybridized carbons (Fsp3) is 0.409. The number of aryl methyl sites for hydroxylation is 1. The van der Waals surface area contributed by atoms with E-state index >= 15 is 0 Å². The summed E-state index contributed by atoms with van der Waals surface area (Å²) < 4.78 is 36.1. The molecule has 35 heavy (non-hydrogen) atoms. The third-order valence-corrected chi connectivity index (χ3v) is 7.98. The lowest BCUT2D eigenvalue weighted by atomic mass is 10.2. The van der Waals surface area contributed by atoms with E-state index < -0.39 is 15.3 Å². The summed E-state index contributed by atoms with van der Waals surface area (Å²) >= 11 is 1.45. The van der Waals surface area contributed by atoms with Crippen molar-refractivity contribution in [3.05, 3.63) is 47.7 Å². The predicted molar refractivity (Wildman–Crippen MR) is 135 cm³/mol. The molecule has 1 unspecified atom stereocenters. The second-order valence-electron chi connectivity index (χ2n) is 7.88. The summed E-state index contributed by atoms with van der Waals surface area (Å²) in [6.07, 6.45) is 0. The van der Waals surface area contributed by atoms with Gasteiger partial charge >= 0.3 is 0 Å².